The van der Waals surface area contributed by atoms with Crippen molar-refractivity contribution in [3.05, 3.63) is 29.6 Å². The highest BCUT2D eigenvalue weighted by molar-refractivity contribution is 7.89. The van der Waals surface area contributed by atoms with Crippen molar-refractivity contribution in [3.63, 3.8) is 0 Å². The third-order valence-corrected chi connectivity index (χ3v) is 3.73. The van der Waals surface area contributed by atoms with Crippen LogP contribution >= 0.6 is 0 Å². The average Bonchev–Trinajstić information content (AvgIpc) is 2.34. The Morgan fingerprint density at radius 2 is 1.95 bits per heavy atom. The van der Waals surface area contributed by atoms with Gasteiger partial charge in [-0.25, -0.2) is 17.5 Å². The van der Waals surface area contributed by atoms with Crippen LogP contribution in [0.25, 0.3) is 0 Å². The molecule has 2 N–H and O–H groups in total. The number of aliphatic hydroxyl groups excluding tert-OH is 1. The fourth-order valence-electron chi connectivity index (χ4n) is 1.34. The fourth-order valence-corrected chi connectivity index (χ4v) is 2.43. The lowest BCUT2D eigenvalue weighted by Crippen LogP contribution is -2.28. The summed E-state index contributed by atoms with van der Waals surface area (Å²) in [5, 5.41) is 8.48. The molecule has 9 heteroatoms. The first-order valence-electron chi connectivity index (χ1n) is 5.61. The summed E-state index contributed by atoms with van der Waals surface area (Å²) < 4.78 is 74.5. The number of rotatable bonds is 4. The average molecular weight is 325 g/mol. The minimum atomic E-state index is -4.51. The van der Waals surface area contributed by atoms with Gasteiger partial charge in [0.1, 0.15) is 17.3 Å². The van der Waals surface area contributed by atoms with Gasteiger partial charge >= 0.3 is 6.18 Å². The SMILES string of the molecule is O=S(=O)(NCCC(F)(F)F)c1ccc(C#CCO)cc1F. The monoisotopic (exact) mass is 325 g/mol. The number of aliphatic hydroxyl groups is 1. The Labute approximate surface area is 118 Å². The molecule has 1 aromatic rings. The van der Waals surface area contributed by atoms with Gasteiger partial charge in [-0.3, -0.25) is 0 Å². The molecular weight excluding hydrogens is 314 g/mol. The highest BCUT2D eigenvalue weighted by Crippen LogP contribution is 2.20. The molecule has 0 atom stereocenters. The van der Waals surface area contributed by atoms with E-state index in [0.717, 1.165) is 12.1 Å². The first kappa shape index (κ1) is 17.4. The van der Waals surface area contributed by atoms with Crippen molar-refractivity contribution >= 4 is 10.0 Å². The molecule has 0 spiro atoms. The number of benzene rings is 1. The molecule has 0 radical (unpaired) electrons. The fraction of sp³-hybridized carbons (Fsp3) is 0.333. The second-order valence-electron chi connectivity index (χ2n) is 3.87. The zero-order chi connectivity index (χ0) is 16.1. The maximum absolute atomic E-state index is 13.7. The minimum absolute atomic E-state index is 0.135. The van der Waals surface area contributed by atoms with E-state index < -0.39 is 46.5 Å². The molecule has 0 unspecified atom stereocenters. The van der Waals surface area contributed by atoms with Crippen molar-refractivity contribution in [2.75, 3.05) is 13.2 Å². The third kappa shape index (κ3) is 5.71. The van der Waals surface area contributed by atoms with Gasteiger partial charge in [0.15, 0.2) is 0 Å². The maximum atomic E-state index is 13.7. The summed E-state index contributed by atoms with van der Waals surface area (Å²) in [6.07, 6.45) is -5.86. The van der Waals surface area contributed by atoms with Crippen LogP contribution < -0.4 is 4.72 Å². The number of hydrogen-bond donors (Lipinski definition) is 2. The van der Waals surface area contributed by atoms with E-state index in [-0.39, 0.29) is 5.56 Å². The molecule has 0 aliphatic heterocycles. The lowest BCUT2D eigenvalue weighted by molar-refractivity contribution is -0.132. The van der Waals surface area contributed by atoms with Crippen molar-refractivity contribution in [2.45, 2.75) is 17.5 Å². The van der Waals surface area contributed by atoms with Crippen LogP contribution in [0.15, 0.2) is 23.1 Å². The van der Waals surface area contributed by atoms with E-state index in [1.807, 2.05) is 0 Å². The zero-order valence-electron chi connectivity index (χ0n) is 10.5. The summed E-state index contributed by atoms with van der Waals surface area (Å²) >= 11 is 0. The van der Waals surface area contributed by atoms with E-state index in [4.69, 9.17) is 5.11 Å². The van der Waals surface area contributed by atoms with E-state index in [1.165, 1.54) is 6.07 Å². The Bertz CT molecular complexity index is 659. The van der Waals surface area contributed by atoms with Gasteiger partial charge in [0.25, 0.3) is 0 Å². The van der Waals surface area contributed by atoms with Gasteiger partial charge in [-0.15, -0.1) is 0 Å². The molecule has 1 rings (SSSR count). The van der Waals surface area contributed by atoms with Gasteiger partial charge in [-0.05, 0) is 18.2 Å². The summed E-state index contributed by atoms with van der Waals surface area (Å²) in [6.45, 7) is -1.32. The van der Waals surface area contributed by atoms with E-state index in [0.29, 0.717) is 0 Å². The van der Waals surface area contributed by atoms with Gasteiger partial charge in [-0.2, -0.15) is 13.2 Å². The number of nitrogens with one attached hydrogen (secondary N) is 1. The molecule has 116 valence electrons. The molecule has 0 aromatic heterocycles. The minimum Gasteiger partial charge on any atom is -0.384 e. The van der Waals surface area contributed by atoms with Crippen molar-refractivity contribution in [1.29, 1.82) is 0 Å². The summed E-state index contributed by atoms with van der Waals surface area (Å²) in [5.74, 6) is 3.48. The second-order valence-corrected chi connectivity index (χ2v) is 5.60. The Morgan fingerprint density at radius 1 is 1.29 bits per heavy atom. The summed E-state index contributed by atoms with van der Waals surface area (Å²) in [4.78, 5) is -0.765. The van der Waals surface area contributed by atoms with E-state index in [1.54, 1.807) is 4.72 Å². The normalized spacial score (nSPS) is 11.9. The van der Waals surface area contributed by atoms with Gasteiger partial charge < -0.3 is 5.11 Å². The Balaban J connectivity index is 2.89. The van der Waals surface area contributed by atoms with Crippen molar-refractivity contribution < 1.29 is 31.1 Å². The topological polar surface area (TPSA) is 66.4 Å². The van der Waals surface area contributed by atoms with Crippen LogP contribution in [0.1, 0.15) is 12.0 Å². The molecule has 1 aromatic carbocycles. The molecule has 0 heterocycles. The third-order valence-electron chi connectivity index (χ3n) is 2.23. The van der Waals surface area contributed by atoms with Crippen LogP contribution in [-0.4, -0.2) is 32.9 Å². The van der Waals surface area contributed by atoms with Crippen molar-refractivity contribution in [1.82, 2.24) is 4.72 Å². The van der Waals surface area contributed by atoms with Crippen molar-refractivity contribution in [3.8, 4) is 11.8 Å². The van der Waals surface area contributed by atoms with Gasteiger partial charge in [0.2, 0.25) is 10.0 Å². The number of sulfonamides is 1. The van der Waals surface area contributed by atoms with Crippen LogP contribution in [0.2, 0.25) is 0 Å². The molecule has 0 amide bonds. The predicted octanol–water partition coefficient (Wildman–Crippen LogP) is 1.40. The molecule has 4 nitrogen and oxygen atoms in total. The van der Waals surface area contributed by atoms with Crippen LogP contribution in [0.4, 0.5) is 17.6 Å². The maximum Gasteiger partial charge on any atom is 0.390 e. The van der Waals surface area contributed by atoms with Crippen LogP contribution in [0, 0.1) is 17.7 Å². The van der Waals surface area contributed by atoms with Crippen molar-refractivity contribution in [2.24, 2.45) is 0 Å². The lowest BCUT2D eigenvalue weighted by Gasteiger charge is -2.09. The molecule has 21 heavy (non-hydrogen) atoms. The standard InChI is InChI=1S/C12H11F4NO3S/c13-10-8-9(2-1-7-18)3-4-11(10)21(19,20)17-6-5-12(14,15)16/h3-4,8,17-18H,5-7H2. The molecule has 0 aliphatic rings. The number of halogens is 4. The number of alkyl halides is 3. The highest BCUT2D eigenvalue weighted by Gasteiger charge is 2.28. The van der Waals surface area contributed by atoms with E-state index >= 15 is 0 Å². The summed E-state index contributed by atoms with van der Waals surface area (Å²) in [5.41, 5.74) is 0.135. The molecule has 0 aliphatic carbocycles. The van der Waals surface area contributed by atoms with Gasteiger partial charge in [-0.1, -0.05) is 11.8 Å². The Hall–Kier alpha value is -1.63. The van der Waals surface area contributed by atoms with Crippen LogP contribution in [0.3, 0.4) is 0 Å². The first-order valence-corrected chi connectivity index (χ1v) is 7.10. The first-order chi connectivity index (χ1) is 9.65. The van der Waals surface area contributed by atoms with E-state index in [9.17, 15) is 26.0 Å². The Kier molecular flexibility index (Phi) is 5.71. The molecule has 0 bridgehead atoms. The molecule has 0 saturated carbocycles. The summed E-state index contributed by atoms with van der Waals surface area (Å²) in [6, 6.07) is 2.90. The van der Waals surface area contributed by atoms with Crippen LogP contribution in [0.5, 0.6) is 0 Å². The second kappa shape index (κ2) is 6.89. The van der Waals surface area contributed by atoms with Crippen LogP contribution in [-0.2, 0) is 10.0 Å². The largest absolute Gasteiger partial charge is 0.390 e. The molecule has 0 fully saturated rings. The summed E-state index contributed by atoms with van der Waals surface area (Å²) in [7, 11) is -4.37. The quantitative estimate of drug-likeness (QED) is 0.650. The molecular formula is C12H11F4NO3S. The highest BCUT2D eigenvalue weighted by atomic mass is 32.2. The lowest BCUT2D eigenvalue weighted by atomic mass is 10.2. The van der Waals surface area contributed by atoms with Gasteiger partial charge in [0.05, 0.1) is 6.42 Å². The number of hydrogen-bond acceptors (Lipinski definition) is 3. The molecule has 0 saturated heterocycles. The smallest absolute Gasteiger partial charge is 0.384 e. The Morgan fingerprint density at radius 3 is 2.48 bits per heavy atom. The zero-order valence-corrected chi connectivity index (χ0v) is 11.4. The predicted molar refractivity (Wildman–Crippen MR) is 66.2 cm³/mol. The van der Waals surface area contributed by atoms with Gasteiger partial charge in [0, 0.05) is 12.1 Å². The van der Waals surface area contributed by atoms with E-state index in [2.05, 4.69) is 11.8 Å².